The Kier molecular flexibility index (Phi) is 6.32. The molecule has 1 aromatic rings. The lowest BCUT2D eigenvalue weighted by atomic mass is 10.3. The van der Waals surface area contributed by atoms with Crippen LogP contribution in [0, 0.1) is 0 Å². The first-order valence-corrected chi connectivity index (χ1v) is 7.72. The third-order valence-corrected chi connectivity index (χ3v) is 3.77. The van der Waals surface area contributed by atoms with Gasteiger partial charge in [-0.3, -0.25) is 0 Å². The summed E-state index contributed by atoms with van der Waals surface area (Å²) in [6.45, 7) is 5.67. The molecule has 110 valence electrons. The number of quaternary nitrogens is 1. The molecule has 0 amide bonds. The Bertz CT molecular complexity index is 447. The van der Waals surface area contributed by atoms with Gasteiger partial charge < -0.3 is 20.3 Å². The molecule has 1 fully saturated rings. The number of anilines is 1. The predicted octanol–water partition coefficient (Wildman–Crippen LogP) is 1.19. The maximum absolute atomic E-state index is 5.94. The molecule has 0 saturated carbocycles. The molecule has 0 aliphatic carbocycles. The van der Waals surface area contributed by atoms with Crippen molar-refractivity contribution in [1.29, 1.82) is 0 Å². The number of morpholine rings is 1. The molecule has 0 radical (unpaired) electrons. The number of rotatable bonds is 4. The molecule has 0 unspecified atom stereocenters. The third kappa shape index (κ3) is 5.42. The molecular formula is C13H18Cl2N3OS+. The zero-order valence-electron chi connectivity index (χ0n) is 11.0. The van der Waals surface area contributed by atoms with Crippen LogP contribution >= 0.6 is 35.4 Å². The summed E-state index contributed by atoms with van der Waals surface area (Å²) in [4.78, 5) is 1.54. The standard InChI is InChI=1S/C13H17Cl2N3OS/c14-10-7-11(15)9-12(8-10)17-13(20)16-1-2-18-3-5-19-6-4-18/h7-9H,1-6H2,(H2,16,17,20)/p+1. The number of thiocarbonyl (C=S) groups is 1. The lowest BCUT2D eigenvalue weighted by Gasteiger charge is -2.24. The van der Waals surface area contributed by atoms with Gasteiger partial charge in [0.15, 0.2) is 5.11 Å². The minimum Gasteiger partial charge on any atom is -0.370 e. The molecule has 1 aliphatic rings. The molecule has 0 aromatic heterocycles. The summed E-state index contributed by atoms with van der Waals surface area (Å²) in [6.07, 6.45) is 0. The summed E-state index contributed by atoms with van der Waals surface area (Å²) in [7, 11) is 0. The Labute approximate surface area is 134 Å². The van der Waals surface area contributed by atoms with Gasteiger partial charge >= 0.3 is 0 Å². The largest absolute Gasteiger partial charge is 0.370 e. The van der Waals surface area contributed by atoms with Crippen LogP contribution in [0.1, 0.15) is 0 Å². The average Bonchev–Trinajstić information content (AvgIpc) is 2.38. The fourth-order valence-electron chi connectivity index (χ4n) is 2.06. The van der Waals surface area contributed by atoms with Crippen molar-refractivity contribution >= 4 is 46.2 Å². The maximum atomic E-state index is 5.94. The van der Waals surface area contributed by atoms with Crippen LogP contribution in [-0.4, -0.2) is 44.5 Å². The van der Waals surface area contributed by atoms with E-state index in [0.717, 1.165) is 45.1 Å². The van der Waals surface area contributed by atoms with E-state index in [-0.39, 0.29) is 0 Å². The minimum atomic E-state index is 0.580. The summed E-state index contributed by atoms with van der Waals surface area (Å²) in [5.74, 6) is 0. The molecule has 1 heterocycles. The van der Waals surface area contributed by atoms with Crippen LogP contribution < -0.4 is 15.5 Å². The number of halogens is 2. The SMILES string of the molecule is S=C(NCC[NH+]1CCOCC1)Nc1cc(Cl)cc(Cl)c1. The summed E-state index contributed by atoms with van der Waals surface area (Å²) < 4.78 is 5.32. The molecule has 0 spiro atoms. The minimum absolute atomic E-state index is 0.580. The monoisotopic (exact) mass is 334 g/mol. The second kappa shape index (κ2) is 8.00. The van der Waals surface area contributed by atoms with Crippen LogP contribution in [0.5, 0.6) is 0 Å². The van der Waals surface area contributed by atoms with Crippen molar-refractivity contribution in [2.24, 2.45) is 0 Å². The molecule has 3 N–H and O–H groups in total. The summed E-state index contributed by atoms with van der Waals surface area (Å²) in [5.41, 5.74) is 0.790. The normalized spacial score (nSPS) is 15.9. The zero-order chi connectivity index (χ0) is 14.4. The summed E-state index contributed by atoms with van der Waals surface area (Å²) in [5, 5.41) is 8.02. The van der Waals surface area contributed by atoms with Crippen molar-refractivity contribution < 1.29 is 9.64 Å². The zero-order valence-corrected chi connectivity index (χ0v) is 13.4. The lowest BCUT2D eigenvalue weighted by Crippen LogP contribution is -3.14. The first-order valence-electron chi connectivity index (χ1n) is 6.56. The molecule has 0 atom stereocenters. The Balaban J connectivity index is 1.72. The molecule has 2 rings (SSSR count). The van der Waals surface area contributed by atoms with E-state index in [9.17, 15) is 0 Å². The second-order valence-corrected chi connectivity index (χ2v) is 5.93. The summed E-state index contributed by atoms with van der Waals surface area (Å²) in [6, 6.07) is 5.26. The highest BCUT2D eigenvalue weighted by atomic mass is 35.5. The van der Waals surface area contributed by atoms with Gasteiger partial charge in [0, 0.05) is 15.7 Å². The van der Waals surface area contributed by atoms with Gasteiger partial charge in [-0.15, -0.1) is 0 Å². The van der Waals surface area contributed by atoms with E-state index in [0.29, 0.717) is 15.2 Å². The molecule has 1 aliphatic heterocycles. The van der Waals surface area contributed by atoms with Crippen LogP contribution in [0.15, 0.2) is 18.2 Å². The van der Waals surface area contributed by atoms with Crippen LogP contribution in [-0.2, 0) is 4.74 Å². The molecule has 20 heavy (non-hydrogen) atoms. The maximum Gasteiger partial charge on any atom is 0.170 e. The second-order valence-electron chi connectivity index (χ2n) is 4.65. The number of ether oxygens (including phenoxy) is 1. The highest BCUT2D eigenvalue weighted by molar-refractivity contribution is 7.80. The molecule has 4 nitrogen and oxygen atoms in total. The Morgan fingerprint density at radius 1 is 1.20 bits per heavy atom. The van der Waals surface area contributed by atoms with Gasteiger partial charge in [-0.25, -0.2) is 0 Å². The molecule has 0 bridgehead atoms. The van der Waals surface area contributed by atoms with Crippen molar-refractivity contribution in [3.05, 3.63) is 28.2 Å². The van der Waals surface area contributed by atoms with E-state index in [1.807, 2.05) is 0 Å². The Morgan fingerprint density at radius 2 is 1.85 bits per heavy atom. The van der Waals surface area contributed by atoms with Crippen molar-refractivity contribution in [2.45, 2.75) is 0 Å². The van der Waals surface area contributed by atoms with Gasteiger partial charge in [-0.2, -0.15) is 0 Å². The highest BCUT2D eigenvalue weighted by Crippen LogP contribution is 2.22. The van der Waals surface area contributed by atoms with Crippen LogP contribution in [0.4, 0.5) is 5.69 Å². The predicted molar refractivity (Wildman–Crippen MR) is 87.1 cm³/mol. The Hall–Kier alpha value is -0.590. The van der Waals surface area contributed by atoms with E-state index in [4.69, 9.17) is 40.2 Å². The highest BCUT2D eigenvalue weighted by Gasteiger charge is 2.12. The van der Waals surface area contributed by atoms with Gasteiger partial charge in [0.25, 0.3) is 0 Å². The van der Waals surface area contributed by atoms with E-state index >= 15 is 0 Å². The van der Waals surface area contributed by atoms with Crippen LogP contribution in [0.3, 0.4) is 0 Å². The number of hydrogen-bond acceptors (Lipinski definition) is 2. The number of benzene rings is 1. The quantitative estimate of drug-likeness (QED) is 0.723. The smallest absolute Gasteiger partial charge is 0.170 e. The van der Waals surface area contributed by atoms with Crippen molar-refractivity contribution in [3.63, 3.8) is 0 Å². The molecule has 1 saturated heterocycles. The van der Waals surface area contributed by atoms with E-state index in [1.54, 1.807) is 18.2 Å². The van der Waals surface area contributed by atoms with E-state index < -0.39 is 0 Å². The first kappa shape index (κ1) is 15.8. The third-order valence-electron chi connectivity index (χ3n) is 3.08. The van der Waals surface area contributed by atoms with Crippen molar-refractivity contribution in [3.8, 4) is 0 Å². The van der Waals surface area contributed by atoms with E-state index in [2.05, 4.69) is 10.6 Å². The average molecular weight is 335 g/mol. The van der Waals surface area contributed by atoms with Crippen LogP contribution in [0.2, 0.25) is 10.0 Å². The Morgan fingerprint density at radius 3 is 2.50 bits per heavy atom. The van der Waals surface area contributed by atoms with E-state index in [1.165, 1.54) is 4.90 Å². The van der Waals surface area contributed by atoms with Gasteiger partial charge in [0.05, 0.1) is 26.3 Å². The van der Waals surface area contributed by atoms with Gasteiger partial charge in [0.2, 0.25) is 0 Å². The number of nitrogens with one attached hydrogen (secondary N) is 3. The topological polar surface area (TPSA) is 37.7 Å². The van der Waals surface area contributed by atoms with Gasteiger partial charge in [0.1, 0.15) is 13.1 Å². The molecular weight excluding hydrogens is 317 g/mol. The fourth-order valence-corrected chi connectivity index (χ4v) is 2.81. The lowest BCUT2D eigenvalue weighted by molar-refractivity contribution is -0.906. The van der Waals surface area contributed by atoms with Crippen molar-refractivity contribution in [1.82, 2.24) is 5.32 Å². The molecule has 7 heteroatoms. The number of hydrogen-bond donors (Lipinski definition) is 3. The fraction of sp³-hybridized carbons (Fsp3) is 0.462. The van der Waals surface area contributed by atoms with Gasteiger partial charge in [-0.05, 0) is 30.4 Å². The van der Waals surface area contributed by atoms with Crippen LogP contribution in [0.25, 0.3) is 0 Å². The first-order chi connectivity index (χ1) is 9.63. The summed E-state index contributed by atoms with van der Waals surface area (Å²) >= 11 is 17.1. The molecule has 1 aromatic carbocycles. The van der Waals surface area contributed by atoms with Gasteiger partial charge in [-0.1, -0.05) is 23.2 Å². The van der Waals surface area contributed by atoms with Crippen molar-refractivity contribution in [2.75, 3.05) is 44.7 Å².